The Morgan fingerprint density at radius 2 is 1.94 bits per heavy atom. The van der Waals surface area contributed by atoms with E-state index in [4.69, 9.17) is 11.6 Å². The van der Waals surface area contributed by atoms with E-state index in [1.165, 1.54) is 14.0 Å². The van der Waals surface area contributed by atoms with Crippen LogP contribution in [0, 0.1) is 0 Å². The maximum atomic E-state index is 13.1. The Kier molecular flexibility index (Phi) is 5.08. The van der Waals surface area contributed by atoms with Crippen LogP contribution in [0.4, 0.5) is 0 Å². The minimum atomic E-state index is -3.80. The second kappa shape index (κ2) is 7.66. The van der Waals surface area contributed by atoms with E-state index in [1.54, 1.807) is 24.3 Å². The van der Waals surface area contributed by atoms with E-state index in [0.29, 0.717) is 29.3 Å². The first-order valence-corrected chi connectivity index (χ1v) is 12.4. The maximum Gasteiger partial charge on any atom is 0.253 e. The molecular formula is C19H18ClN5O4S2. The van der Waals surface area contributed by atoms with Gasteiger partial charge < -0.3 is 4.90 Å². The molecule has 0 unspecified atom stereocenters. The molecule has 9 nitrogen and oxygen atoms in total. The average Bonchev–Trinajstić information content (AvgIpc) is 3.34. The Bertz CT molecular complexity index is 1320. The highest BCUT2D eigenvalue weighted by Gasteiger charge is 2.34. The van der Waals surface area contributed by atoms with Gasteiger partial charge in [0.25, 0.3) is 10.0 Å². The fraction of sp³-hybridized carbons (Fsp3) is 0.368. The van der Waals surface area contributed by atoms with Gasteiger partial charge in [-0.05, 0) is 36.4 Å². The Hall–Kier alpha value is -2.34. The monoisotopic (exact) mass is 479 g/mol. The van der Waals surface area contributed by atoms with Crippen LogP contribution in [0.1, 0.15) is 29.0 Å². The zero-order valence-electron chi connectivity index (χ0n) is 16.3. The molecule has 5 rings (SSSR count). The molecule has 3 aromatic rings. The first-order valence-electron chi connectivity index (χ1n) is 9.75. The zero-order chi connectivity index (χ0) is 21.8. The minimum absolute atomic E-state index is 0.0284. The van der Waals surface area contributed by atoms with E-state index < -0.39 is 10.0 Å². The lowest BCUT2D eigenvalue weighted by Gasteiger charge is -2.32. The Morgan fingerprint density at radius 1 is 1.10 bits per heavy atom. The number of aromatic nitrogens is 3. The van der Waals surface area contributed by atoms with Gasteiger partial charge in [-0.15, -0.1) is 16.4 Å². The fourth-order valence-corrected chi connectivity index (χ4v) is 7.00. The van der Waals surface area contributed by atoms with Crippen molar-refractivity contribution in [3.63, 3.8) is 0 Å². The SMILES string of the molecule is O=C1CCCc2nn(CN3CCN(S(=O)(=O)c4cc5ccc(Cl)cc5s4)CC3=O)nc21. The molecule has 31 heavy (non-hydrogen) atoms. The van der Waals surface area contributed by atoms with Crippen molar-refractivity contribution in [2.45, 2.75) is 30.1 Å². The van der Waals surface area contributed by atoms with Gasteiger partial charge in [0.15, 0.2) is 11.5 Å². The second-order valence-electron chi connectivity index (χ2n) is 7.53. The average molecular weight is 480 g/mol. The molecule has 3 heterocycles. The number of Topliss-reactive ketones (excluding diaryl/α,β-unsaturated/α-hetero) is 1. The summed E-state index contributed by atoms with van der Waals surface area (Å²) in [6.45, 7) is 0.226. The largest absolute Gasteiger partial charge is 0.319 e. The summed E-state index contributed by atoms with van der Waals surface area (Å²) in [6.07, 6.45) is 1.91. The highest BCUT2D eigenvalue weighted by Crippen LogP contribution is 2.33. The Balaban J connectivity index is 1.31. The fourth-order valence-electron chi connectivity index (χ4n) is 3.79. The summed E-state index contributed by atoms with van der Waals surface area (Å²) in [5.41, 5.74) is 1.04. The number of aryl methyl sites for hydroxylation is 1. The third-order valence-electron chi connectivity index (χ3n) is 5.44. The van der Waals surface area contributed by atoms with Crippen LogP contribution in [0.25, 0.3) is 10.1 Å². The molecule has 162 valence electrons. The molecule has 2 aliphatic rings. The zero-order valence-corrected chi connectivity index (χ0v) is 18.7. The molecule has 0 bridgehead atoms. The van der Waals surface area contributed by atoms with Crippen molar-refractivity contribution >= 4 is 54.7 Å². The minimum Gasteiger partial charge on any atom is -0.319 e. The van der Waals surface area contributed by atoms with E-state index in [1.807, 2.05) is 0 Å². The predicted octanol–water partition coefficient (Wildman–Crippen LogP) is 2.16. The molecule has 0 saturated carbocycles. The number of thiophene rings is 1. The van der Waals surface area contributed by atoms with Gasteiger partial charge in [0.1, 0.15) is 10.9 Å². The molecular weight excluding hydrogens is 462 g/mol. The van der Waals surface area contributed by atoms with Crippen molar-refractivity contribution in [3.8, 4) is 0 Å². The van der Waals surface area contributed by atoms with Gasteiger partial charge in [-0.1, -0.05) is 17.7 Å². The van der Waals surface area contributed by atoms with Gasteiger partial charge in [0, 0.05) is 29.2 Å². The van der Waals surface area contributed by atoms with Crippen LogP contribution < -0.4 is 0 Å². The van der Waals surface area contributed by atoms with Crippen molar-refractivity contribution in [2.75, 3.05) is 19.6 Å². The number of piperazine rings is 1. The van der Waals surface area contributed by atoms with Gasteiger partial charge in [-0.3, -0.25) is 9.59 Å². The number of ketones is 1. The molecule has 0 atom stereocenters. The summed E-state index contributed by atoms with van der Waals surface area (Å²) in [4.78, 5) is 27.5. The third-order valence-corrected chi connectivity index (χ3v) is 9.07. The number of carbonyl (C=O) groups is 2. The lowest BCUT2D eigenvalue weighted by Crippen LogP contribution is -2.52. The molecule has 1 amide bonds. The molecule has 1 saturated heterocycles. The van der Waals surface area contributed by atoms with Crippen molar-refractivity contribution in [2.24, 2.45) is 0 Å². The quantitative estimate of drug-likeness (QED) is 0.567. The van der Waals surface area contributed by atoms with E-state index in [2.05, 4.69) is 10.2 Å². The van der Waals surface area contributed by atoms with E-state index in [-0.39, 0.29) is 42.2 Å². The van der Waals surface area contributed by atoms with Gasteiger partial charge in [-0.2, -0.15) is 14.2 Å². The van der Waals surface area contributed by atoms with Gasteiger partial charge in [0.2, 0.25) is 5.91 Å². The summed E-state index contributed by atoms with van der Waals surface area (Å²) in [6, 6.07) is 6.82. The Morgan fingerprint density at radius 3 is 2.71 bits per heavy atom. The van der Waals surface area contributed by atoms with Crippen LogP contribution >= 0.6 is 22.9 Å². The number of hydrogen-bond acceptors (Lipinski definition) is 7. The number of hydrogen-bond donors (Lipinski definition) is 0. The van der Waals surface area contributed by atoms with Gasteiger partial charge in [0.05, 0.1) is 12.2 Å². The summed E-state index contributed by atoms with van der Waals surface area (Å²) in [7, 11) is -3.80. The molecule has 12 heteroatoms. The third kappa shape index (κ3) is 3.75. The van der Waals surface area contributed by atoms with Crippen LogP contribution in [0.15, 0.2) is 28.5 Å². The molecule has 1 aliphatic carbocycles. The summed E-state index contributed by atoms with van der Waals surface area (Å²) in [5.74, 6) is -0.361. The normalized spacial score (nSPS) is 18.0. The number of amides is 1. The Labute approximate surface area is 187 Å². The number of rotatable bonds is 4. The molecule has 0 radical (unpaired) electrons. The number of nitrogens with zero attached hydrogens (tertiary/aromatic N) is 5. The number of carbonyl (C=O) groups excluding carboxylic acids is 2. The predicted molar refractivity (Wildman–Crippen MR) is 115 cm³/mol. The van der Waals surface area contributed by atoms with Crippen molar-refractivity contribution < 1.29 is 18.0 Å². The lowest BCUT2D eigenvalue weighted by atomic mass is 10.0. The standard InChI is InChI=1S/C19H18ClN5O4S2/c20-13-5-4-12-8-18(30-16(12)9-13)31(28,29)24-7-6-23(17(27)10-24)11-25-21-14-2-1-3-15(26)19(14)22-25/h4-5,8-9H,1-3,6-7,10-11H2. The molecule has 1 aliphatic heterocycles. The van der Waals surface area contributed by atoms with Crippen molar-refractivity contribution in [1.82, 2.24) is 24.2 Å². The van der Waals surface area contributed by atoms with Crippen LogP contribution in [-0.4, -0.2) is 63.9 Å². The maximum absolute atomic E-state index is 13.1. The van der Waals surface area contributed by atoms with E-state index >= 15 is 0 Å². The molecule has 1 fully saturated rings. The van der Waals surface area contributed by atoms with Crippen LogP contribution in [0.5, 0.6) is 0 Å². The highest BCUT2D eigenvalue weighted by molar-refractivity contribution is 7.91. The summed E-state index contributed by atoms with van der Waals surface area (Å²) < 4.78 is 28.3. The number of fused-ring (bicyclic) bond motifs is 2. The molecule has 0 spiro atoms. The smallest absolute Gasteiger partial charge is 0.253 e. The van der Waals surface area contributed by atoms with Crippen LogP contribution in [0.3, 0.4) is 0 Å². The first-order chi connectivity index (χ1) is 14.8. The molecule has 2 aromatic heterocycles. The van der Waals surface area contributed by atoms with Gasteiger partial charge >= 0.3 is 0 Å². The van der Waals surface area contributed by atoms with Crippen LogP contribution in [-0.2, 0) is 27.9 Å². The second-order valence-corrected chi connectivity index (χ2v) is 11.2. The topological polar surface area (TPSA) is 105 Å². The lowest BCUT2D eigenvalue weighted by molar-refractivity contribution is -0.136. The van der Waals surface area contributed by atoms with Crippen molar-refractivity contribution in [1.29, 1.82) is 0 Å². The van der Waals surface area contributed by atoms with Gasteiger partial charge in [-0.25, -0.2) is 8.42 Å². The molecule has 1 aromatic carbocycles. The summed E-state index contributed by atoms with van der Waals surface area (Å²) in [5, 5.41) is 9.89. The number of benzene rings is 1. The summed E-state index contributed by atoms with van der Waals surface area (Å²) >= 11 is 7.14. The van der Waals surface area contributed by atoms with E-state index in [0.717, 1.165) is 27.8 Å². The highest BCUT2D eigenvalue weighted by atomic mass is 35.5. The van der Waals surface area contributed by atoms with Crippen molar-refractivity contribution in [3.05, 3.63) is 40.7 Å². The van der Waals surface area contributed by atoms with E-state index in [9.17, 15) is 18.0 Å². The first kappa shape index (κ1) is 20.6. The van der Waals surface area contributed by atoms with Crippen LogP contribution in [0.2, 0.25) is 5.02 Å². The number of halogens is 1. The molecule has 0 N–H and O–H groups in total. The number of sulfonamides is 1.